The van der Waals surface area contributed by atoms with Gasteiger partial charge in [0.25, 0.3) is 0 Å². The number of rotatable bonds is 1. The lowest BCUT2D eigenvalue weighted by atomic mass is 9.89. The smallest absolute Gasteiger partial charge is 0.126 e. The van der Waals surface area contributed by atoms with E-state index in [1.54, 1.807) is 6.07 Å². The van der Waals surface area contributed by atoms with Crippen LogP contribution in [0.1, 0.15) is 30.7 Å². The number of allylic oxidation sites excluding steroid dienone is 2. The predicted molar refractivity (Wildman–Crippen MR) is 52.1 cm³/mol. The van der Waals surface area contributed by atoms with Crippen molar-refractivity contribution in [3.05, 3.63) is 47.8 Å². The fraction of sp³-hybridized carbons (Fsp3) is 0.333. The van der Waals surface area contributed by atoms with Crippen LogP contribution in [0.15, 0.2) is 36.4 Å². The molecule has 0 saturated carbocycles. The van der Waals surface area contributed by atoms with Gasteiger partial charge in [0.05, 0.1) is 0 Å². The Labute approximate surface area is 78.1 Å². The van der Waals surface area contributed by atoms with Crippen molar-refractivity contribution in [2.75, 3.05) is 0 Å². The standard InChI is InChI=1S/C12H13F/c13-12-9-5-4-8-11(12)10-6-2-1-3-7-10/h2,4-6,8-10H,1,3,7H2. The molecule has 1 unspecified atom stereocenters. The van der Waals surface area contributed by atoms with E-state index in [1.807, 2.05) is 12.1 Å². The van der Waals surface area contributed by atoms with Gasteiger partial charge in [-0.3, -0.25) is 0 Å². The summed E-state index contributed by atoms with van der Waals surface area (Å²) in [7, 11) is 0. The van der Waals surface area contributed by atoms with Gasteiger partial charge in [0.2, 0.25) is 0 Å². The van der Waals surface area contributed by atoms with Gasteiger partial charge in [0, 0.05) is 5.92 Å². The number of hydrogen-bond acceptors (Lipinski definition) is 0. The van der Waals surface area contributed by atoms with Crippen LogP contribution in [0.3, 0.4) is 0 Å². The lowest BCUT2D eigenvalue weighted by molar-refractivity contribution is 0.574. The van der Waals surface area contributed by atoms with Crippen molar-refractivity contribution in [2.45, 2.75) is 25.2 Å². The Bertz CT molecular complexity index is 315. The van der Waals surface area contributed by atoms with Crippen LogP contribution >= 0.6 is 0 Å². The second kappa shape index (κ2) is 3.73. The summed E-state index contributed by atoms with van der Waals surface area (Å²) in [6.45, 7) is 0. The summed E-state index contributed by atoms with van der Waals surface area (Å²) in [6.07, 6.45) is 7.68. The molecule has 13 heavy (non-hydrogen) atoms. The topological polar surface area (TPSA) is 0 Å². The van der Waals surface area contributed by atoms with Crippen molar-refractivity contribution in [1.29, 1.82) is 0 Å². The van der Waals surface area contributed by atoms with Crippen molar-refractivity contribution < 1.29 is 4.39 Å². The van der Waals surface area contributed by atoms with E-state index in [4.69, 9.17) is 0 Å². The van der Waals surface area contributed by atoms with Gasteiger partial charge < -0.3 is 0 Å². The first-order valence-electron chi connectivity index (χ1n) is 4.79. The summed E-state index contributed by atoms with van der Waals surface area (Å²) < 4.78 is 13.3. The fourth-order valence-electron chi connectivity index (χ4n) is 1.85. The third-order valence-corrected chi connectivity index (χ3v) is 2.56. The molecule has 0 spiro atoms. The van der Waals surface area contributed by atoms with Gasteiger partial charge in [-0.2, -0.15) is 0 Å². The third-order valence-electron chi connectivity index (χ3n) is 2.56. The van der Waals surface area contributed by atoms with Gasteiger partial charge in [0.1, 0.15) is 5.82 Å². The van der Waals surface area contributed by atoms with Crippen LogP contribution in [-0.4, -0.2) is 0 Å². The van der Waals surface area contributed by atoms with Crippen LogP contribution in [0.4, 0.5) is 4.39 Å². The fourth-order valence-corrected chi connectivity index (χ4v) is 1.85. The first-order chi connectivity index (χ1) is 6.38. The van der Waals surface area contributed by atoms with Gasteiger partial charge in [-0.15, -0.1) is 0 Å². The van der Waals surface area contributed by atoms with Crippen molar-refractivity contribution in [2.24, 2.45) is 0 Å². The normalized spacial score (nSPS) is 21.8. The Hall–Kier alpha value is -1.11. The lowest BCUT2D eigenvalue weighted by Crippen LogP contribution is -2.01. The van der Waals surface area contributed by atoms with Crippen LogP contribution in [0.25, 0.3) is 0 Å². The molecule has 0 bridgehead atoms. The molecule has 0 fully saturated rings. The molecule has 68 valence electrons. The summed E-state index contributed by atoms with van der Waals surface area (Å²) in [4.78, 5) is 0. The number of benzene rings is 1. The summed E-state index contributed by atoms with van der Waals surface area (Å²) in [6, 6.07) is 7.07. The molecular weight excluding hydrogens is 163 g/mol. The highest BCUT2D eigenvalue weighted by Gasteiger charge is 2.13. The highest BCUT2D eigenvalue weighted by Crippen LogP contribution is 2.28. The van der Waals surface area contributed by atoms with E-state index in [9.17, 15) is 4.39 Å². The molecule has 1 atom stereocenters. The molecule has 0 aliphatic heterocycles. The minimum absolute atomic E-state index is 0.0703. The van der Waals surface area contributed by atoms with Crippen LogP contribution < -0.4 is 0 Å². The van der Waals surface area contributed by atoms with E-state index < -0.39 is 0 Å². The largest absolute Gasteiger partial charge is 0.207 e. The first-order valence-corrected chi connectivity index (χ1v) is 4.79. The molecule has 1 aliphatic carbocycles. The zero-order chi connectivity index (χ0) is 9.10. The Morgan fingerprint density at radius 3 is 2.77 bits per heavy atom. The van der Waals surface area contributed by atoms with Crippen LogP contribution in [0.5, 0.6) is 0 Å². The second-order valence-corrected chi connectivity index (χ2v) is 3.49. The zero-order valence-electron chi connectivity index (χ0n) is 7.54. The van der Waals surface area contributed by atoms with Gasteiger partial charge in [0.15, 0.2) is 0 Å². The minimum atomic E-state index is -0.0703. The zero-order valence-corrected chi connectivity index (χ0v) is 7.54. The van der Waals surface area contributed by atoms with Crippen molar-refractivity contribution >= 4 is 0 Å². The number of hydrogen-bond donors (Lipinski definition) is 0. The molecule has 1 heteroatoms. The summed E-state index contributed by atoms with van der Waals surface area (Å²) in [5.74, 6) is 0.231. The molecule has 2 rings (SSSR count). The van der Waals surface area contributed by atoms with Gasteiger partial charge in [-0.1, -0.05) is 30.4 Å². The van der Waals surface area contributed by atoms with Crippen molar-refractivity contribution in [3.8, 4) is 0 Å². The van der Waals surface area contributed by atoms with E-state index in [-0.39, 0.29) is 5.82 Å². The summed E-state index contributed by atoms with van der Waals surface area (Å²) in [5, 5.41) is 0. The highest BCUT2D eigenvalue weighted by atomic mass is 19.1. The van der Waals surface area contributed by atoms with E-state index in [0.29, 0.717) is 5.92 Å². The molecule has 1 aromatic carbocycles. The third kappa shape index (κ3) is 1.80. The highest BCUT2D eigenvalue weighted by molar-refractivity contribution is 5.26. The Morgan fingerprint density at radius 1 is 1.23 bits per heavy atom. The minimum Gasteiger partial charge on any atom is -0.207 e. The summed E-state index contributed by atoms with van der Waals surface area (Å²) >= 11 is 0. The van der Waals surface area contributed by atoms with E-state index in [2.05, 4.69) is 12.2 Å². The molecule has 0 N–H and O–H groups in total. The van der Waals surface area contributed by atoms with E-state index in [1.165, 1.54) is 12.5 Å². The van der Waals surface area contributed by atoms with Crippen LogP contribution in [0, 0.1) is 5.82 Å². The average Bonchev–Trinajstić information content (AvgIpc) is 2.20. The van der Waals surface area contributed by atoms with E-state index in [0.717, 1.165) is 18.4 Å². The predicted octanol–water partition coefficient (Wildman–Crippen LogP) is 3.65. The lowest BCUT2D eigenvalue weighted by Gasteiger charge is -2.16. The van der Waals surface area contributed by atoms with Gasteiger partial charge in [-0.05, 0) is 30.9 Å². The molecule has 0 aromatic heterocycles. The molecule has 1 aromatic rings. The van der Waals surface area contributed by atoms with Crippen molar-refractivity contribution in [1.82, 2.24) is 0 Å². The van der Waals surface area contributed by atoms with Crippen LogP contribution in [0.2, 0.25) is 0 Å². The van der Waals surface area contributed by atoms with E-state index >= 15 is 0 Å². The molecule has 0 nitrogen and oxygen atoms in total. The second-order valence-electron chi connectivity index (χ2n) is 3.49. The van der Waals surface area contributed by atoms with Gasteiger partial charge in [-0.25, -0.2) is 4.39 Å². The molecule has 1 aliphatic rings. The number of halogens is 1. The maximum Gasteiger partial charge on any atom is 0.126 e. The Kier molecular flexibility index (Phi) is 2.44. The molecule has 0 saturated heterocycles. The molecule has 0 radical (unpaired) electrons. The maximum absolute atomic E-state index is 13.3. The Balaban J connectivity index is 2.29. The molecular formula is C12H13F. The monoisotopic (exact) mass is 176 g/mol. The maximum atomic E-state index is 13.3. The Morgan fingerprint density at radius 2 is 2.08 bits per heavy atom. The van der Waals surface area contributed by atoms with Crippen molar-refractivity contribution in [3.63, 3.8) is 0 Å². The molecule has 0 amide bonds. The summed E-state index contributed by atoms with van der Waals surface area (Å²) in [5.41, 5.74) is 0.846. The SMILES string of the molecule is Fc1ccccc1C1C=CCCC1. The average molecular weight is 176 g/mol. The quantitative estimate of drug-likeness (QED) is 0.573. The van der Waals surface area contributed by atoms with Crippen LogP contribution in [-0.2, 0) is 0 Å². The van der Waals surface area contributed by atoms with Gasteiger partial charge >= 0.3 is 0 Å². The molecule has 0 heterocycles. The first kappa shape index (κ1) is 8.49.